The molecule has 0 radical (unpaired) electrons. The third kappa shape index (κ3) is 5.59. The smallest absolute Gasteiger partial charge is 0.333 e. The van der Waals surface area contributed by atoms with E-state index < -0.39 is 29.2 Å². The summed E-state index contributed by atoms with van der Waals surface area (Å²) in [4.78, 5) is 53.0. The van der Waals surface area contributed by atoms with Crippen LogP contribution in [0.3, 0.4) is 0 Å². The van der Waals surface area contributed by atoms with Gasteiger partial charge in [-0.05, 0) is 54.6 Å². The third-order valence-electron chi connectivity index (χ3n) is 5.77. The third-order valence-corrected chi connectivity index (χ3v) is 6.40. The van der Waals surface area contributed by atoms with E-state index >= 15 is 0 Å². The zero-order chi connectivity index (χ0) is 26.7. The summed E-state index contributed by atoms with van der Waals surface area (Å²) in [5.74, 6) is -1.97. The molecule has 37 heavy (non-hydrogen) atoms. The number of fused-ring (bicyclic) bond motifs is 1. The molecule has 0 bridgehead atoms. The number of aromatic nitrogens is 2. The Kier molecular flexibility index (Phi) is 7.77. The van der Waals surface area contributed by atoms with Crippen molar-refractivity contribution in [2.45, 2.75) is 19.0 Å². The molecular formula is C26H22Cl2N4O5. The Morgan fingerprint density at radius 2 is 1.65 bits per heavy atom. The van der Waals surface area contributed by atoms with Gasteiger partial charge in [0.25, 0.3) is 11.5 Å². The van der Waals surface area contributed by atoms with Crippen LogP contribution in [-0.2, 0) is 17.8 Å². The molecule has 1 atom stereocenters. The first kappa shape index (κ1) is 26.2. The Morgan fingerprint density at radius 3 is 2.27 bits per heavy atom. The number of amides is 1. The first-order chi connectivity index (χ1) is 17.7. The number of halogens is 2. The van der Waals surface area contributed by atoms with Crippen LogP contribution in [0.5, 0.6) is 0 Å². The topological polar surface area (TPSA) is 133 Å². The summed E-state index contributed by atoms with van der Waals surface area (Å²) in [7, 11) is 1.80. The van der Waals surface area contributed by atoms with Crippen molar-refractivity contribution >= 4 is 46.0 Å². The lowest BCUT2D eigenvalue weighted by Crippen LogP contribution is -2.42. The predicted molar refractivity (Wildman–Crippen MR) is 142 cm³/mol. The van der Waals surface area contributed by atoms with Crippen LogP contribution in [0.1, 0.15) is 21.5 Å². The molecule has 0 aliphatic rings. The van der Waals surface area contributed by atoms with Gasteiger partial charge in [-0.1, -0.05) is 47.5 Å². The molecule has 0 fully saturated rings. The van der Waals surface area contributed by atoms with E-state index in [1.807, 2.05) is 6.07 Å². The van der Waals surface area contributed by atoms with E-state index in [2.05, 4.69) is 15.6 Å². The zero-order valence-electron chi connectivity index (χ0n) is 19.5. The zero-order valence-corrected chi connectivity index (χ0v) is 21.1. The molecule has 1 amide bonds. The molecule has 190 valence electrons. The Hall–Kier alpha value is -3.92. The second-order valence-corrected chi connectivity index (χ2v) is 9.13. The Labute approximate surface area is 220 Å². The maximum atomic E-state index is 13.1. The molecule has 4 aromatic rings. The normalized spacial score (nSPS) is 11.9. The van der Waals surface area contributed by atoms with Crippen LogP contribution in [0.2, 0.25) is 10.0 Å². The van der Waals surface area contributed by atoms with Gasteiger partial charge in [0.05, 0.1) is 32.2 Å². The fraction of sp³-hybridized carbons (Fsp3) is 0.154. The van der Waals surface area contributed by atoms with Crippen molar-refractivity contribution in [2.75, 3.05) is 7.05 Å². The lowest BCUT2D eigenvalue weighted by molar-refractivity contribution is -0.139. The lowest BCUT2D eigenvalue weighted by atomic mass is 10.0. The van der Waals surface area contributed by atoms with Gasteiger partial charge in [-0.15, -0.1) is 0 Å². The van der Waals surface area contributed by atoms with Crippen LogP contribution in [-0.4, -0.2) is 39.6 Å². The highest BCUT2D eigenvalue weighted by Crippen LogP contribution is 2.24. The van der Waals surface area contributed by atoms with Crippen molar-refractivity contribution in [1.29, 1.82) is 0 Å². The summed E-state index contributed by atoms with van der Waals surface area (Å²) in [5.41, 5.74) is 1.14. The molecule has 9 nitrogen and oxygen atoms in total. The minimum Gasteiger partial charge on any atom is -0.480 e. The minimum atomic E-state index is -1.27. The molecule has 1 heterocycles. The van der Waals surface area contributed by atoms with E-state index in [4.69, 9.17) is 23.2 Å². The molecule has 0 unspecified atom stereocenters. The van der Waals surface area contributed by atoms with Crippen molar-refractivity contribution in [3.63, 3.8) is 0 Å². The number of aromatic amines is 1. The summed E-state index contributed by atoms with van der Waals surface area (Å²) in [6.07, 6.45) is -0.0549. The average Bonchev–Trinajstić information content (AvgIpc) is 2.84. The molecular weight excluding hydrogens is 519 g/mol. The van der Waals surface area contributed by atoms with Gasteiger partial charge in [0, 0.05) is 13.0 Å². The van der Waals surface area contributed by atoms with Gasteiger partial charge in [0.15, 0.2) is 0 Å². The molecule has 0 saturated carbocycles. The van der Waals surface area contributed by atoms with Gasteiger partial charge in [0.2, 0.25) is 0 Å². The first-order valence-corrected chi connectivity index (χ1v) is 11.9. The molecule has 4 N–H and O–H groups in total. The second-order valence-electron chi connectivity index (χ2n) is 8.31. The predicted octanol–water partition coefficient (Wildman–Crippen LogP) is 3.13. The molecule has 0 aliphatic carbocycles. The highest BCUT2D eigenvalue weighted by atomic mass is 35.5. The molecule has 0 aliphatic heterocycles. The number of nitrogens with zero attached hydrogens (tertiary/aromatic N) is 1. The van der Waals surface area contributed by atoms with Gasteiger partial charge in [-0.2, -0.15) is 0 Å². The summed E-state index contributed by atoms with van der Waals surface area (Å²) >= 11 is 12.1. The van der Waals surface area contributed by atoms with Crippen molar-refractivity contribution in [3.05, 3.63) is 108 Å². The van der Waals surface area contributed by atoms with Crippen LogP contribution in [0.15, 0.2) is 70.3 Å². The second kappa shape index (κ2) is 11.0. The first-order valence-electron chi connectivity index (χ1n) is 11.2. The number of carbonyl (C=O) groups is 2. The fourth-order valence-corrected chi connectivity index (χ4v) is 4.54. The Morgan fingerprint density at radius 1 is 1.00 bits per heavy atom. The molecule has 0 saturated heterocycles. The van der Waals surface area contributed by atoms with E-state index in [9.17, 15) is 24.3 Å². The van der Waals surface area contributed by atoms with Crippen molar-refractivity contribution < 1.29 is 14.7 Å². The number of carboxylic acids is 1. The number of H-pyrrole nitrogens is 1. The number of rotatable bonds is 8. The molecule has 11 heteroatoms. The number of hydrogen-bond donors (Lipinski definition) is 4. The van der Waals surface area contributed by atoms with E-state index in [-0.39, 0.29) is 22.0 Å². The van der Waals surface area contributed by atoms with E-state index in [1.54, 1.807) is 49.5 Å². The summed E-state index contributed by atoms with van der Waals surface area (Å²) in [6.45, 7) is 0.589. The quantitative estimate of drug-likeness (QED) is 0.271. The number of carboxylic acid groups (broad SMARTS) is 1. The standard InChI is InChI=1S/C26H22Cl2N4O5/c1-29-13-15-7-10-17-20(12-15)31-26(37)32(24(17)34)16-8-5-14(6-9-16)11-21(25(35)36)30-23(33)22-18(27)3-2-4-19(22)28/h2-10,12,21,29H,11,13H2,1H3,(H,30,33)(H,31,37)(H,35,36)/t21-/m0/s1. The Bertz CT molecular complexity index is 1590. The molecule has 3 aromatic carbocycles. The van der Waals surface area contributed by atoms with Crippen molar-refractivity contribution in [2.24, 2.45) is 0 Å². The molecule has 0 spiro atoms. The summed E-state index contributed by atoms with van der Waals surface area (Å²) in [5, 5.41) is 15.7. The van der Waals surface area contributed by atoms with Gasteiger partial charge >= 0.3 is 11.7 Å². The van der Waals surface area contributed by atoms with Crippen LogP contribution < -0.4 is 21.9 Å². The van der Waals surface area contributed by atoms with Gasteiger partial charge < -0.3 is 20.7 Å². The largest absolute Gasteiger partial charge is 0.480 e. The van der Waals surface area contributed by atoms with Gasteiger partial charge in [0.1, 0.15) is 6.04 Å². The Balaban J connectivity index is 1.58. The average molecular weight is 541 g/mol. The van der Waals surface area contributed by atoms with Gasteiger partial charge in [-0.25, -0.2) is 14.2 Å². The SMILES string of the molecule is CNCc1ccc2c(=O)n(-c3ccc(C[C@H](NC(=O)c4c(Cl)cccc4Cl)C(=O)O)cc3)c(=O)[nH]c2c1. The lowest BCUT2D eigenvalue weighted by Gasteiger charge is -2.16. The van der Waals surface area contributed by atoms with Crippen LogP contribution >= 0.6 is 23.2 Å². The maximum absolute atomic E-state index is 13.1. The molecule has 1 aromatic heterocycles. The number of nitrogens with one attached hydrogen (secondary N) is 3. The monoisotopic (exact) mass is 540 g/mol. The number of benzene rings is 3. The fourth-order valence-electron chi connectivity index (χ4n) is 3.98. The van der Waals surface area contributed by atoms with Crippen LogP contribution in [0, 0.1) is 0 Å². The van der Waals surface area contributed by atoms with Gasteiger partial charge in [-0.3, -0.25) is 9.59 Å². The molecule has 4 rings (SSSR count). The number of hydrogen-bond acceptors (Lipinski definition) is 5. The van der Waals surface area contributed by atoms with E-state index in [0.29, 0.717) is 28.7 Å². The summed E-state index contributed by atoms with van der Waals surface area (Å²) < 4.78 is 1.01. The highest BCUT2D eigenvalue weighted by molar-refractivity contribution is 6.39. The van der Waals surface area contributed by atoms with Crippen molar-refractivity contribution in [1.82, 2.24) is 20.2 Å². The number of aliphatic carboxylic acids is 1. The summed E-state index contributed by atoms with van der Waals surface area (Å²) in [6, 6.07) is 14.7. The maximum Gasteiger partial charge on any atom is 0.333 e. The number of carbonyl (C=O) groups excluding carboxylic acids is 1. The van der Waals surface area contributed by atoms with E-state index in [1.165, 1.54) is 12.1 Å². The van der Waals surface area contributed by atoms with Crippen LogP contribution in [0.25, 0.3) is 16.6 Å². The van der Waals surface area contributed by atoms with Crippen molar-refractivity contribution in [3.8, 4) is 5.69 Å². The minimum absolute atomic E-state index is 0.0135. The van der Waals surface area contributed by atoms with Crippen LogP contribution in [0.4, 0.5) is 0 Å². The van der Waals surface area contributed by atoms with E-state index in [0.717, 1.165) is 10.1 Å². The highest BCUT2D eigenvalue weighted by Gasteiger charge is 2.24.